The maximum Gasteiger partial charge on any atom is 0.294 e. The molecule has 2 aromatic carbocycles. The third-order valence-electron chi connectivity index (χ3n) is 3.99. The van der Waals surface area contributed by atoms with Gasteiger partial charge in [0.1, 0.15) is 5.75 Å². The Balaban J connectivity index is 1.73. The van der Waals surface area contributed by atoms with Crippen LogP contribution in [-0.4, -0.2) is 37.9 Å². The number of hydrogen-bond acceptors (Lipinski definition) is 9. The van der Waals surface area contributed by atoms with Crippen molar-refractivity contribution in [1.29, 1.82) is 0 Å². The van der Waals surface area contributed by atoms with Crippen LogP contribution in [0, 0.1) is 6.92 Å². The van der Waals surface area contributed by atoms with E-state index in [2.05, 4.69) is 25.6 Å². The van der Waals surface area contributed by atoms with Crippen molar-refractivity contribution in [2.24, 2.45) is 0 Å². The molecule has 0 saturated carbocycles. The fourth-order valence-corrected chi connectivity index (χ4v) is 4.25. The van der Waals surface area contributed by atoms with Crippen LogP contribution in [0.1, 0.15) is 18.9 Å². The van der Waals surface area contributed by atoms with Crippen molar-refractivity contribution in [3.63, 3.8) is 0 Å². The van der Waals surface area contributed by atoms with E-state index >= 15 is 0 Å². The third kappa shape index (κ3) is 6.60. The molecule has 0 amide bonds. The minimum Gasteiger partial charge on any atom is -0.401 e. The average Bonchev–Trinajstić information content (AvgIpc) is 2.68. The molecule has 3 aromatic rings. The largest absolute Gasteiger partial charge is 0.401 e. The molecule has 1 aromatic heterocycles. The van der Waals surface area contributed by atoms with Gasteiger partial charge in [-0.3, -0.25) is 4.55 Å². The van der Waals surface area contributed by atoms with Gasteiger partial charge in [-0.2, -0.15) is 23.4 Å². The summed E-state index contributed by atoms with van der Waals surface area (Å²) in [7, 11) is -4.31. The van der Waals surface area contributed by atoms with Crippen molar-refractivity contribution in [3.05, 3.63) is 53.3 Å². The van der Waals surface area contributed by atoms with Gasteiger partial charge >= 0.3 is 0 Å². The summed E-state index contributed by atoms with van der Waals surface area (Å²) in [5.74, 6) is 1.22. The molecule has 3 N–H and O–H groups in total. The summed E-state index contributed by atoms with van der Waals surface area (Å²) in [5, 5.41) is 5.84. The number of benzene rings is 2. The summed E-state index contributed by atoms with van der Waals surface area (Å²) < 4.78 is 48.9. The number of halogens is 1. The molecule has 13 heteroatoms. The lowest BCUT2D eigenvalue weighted by Crippen LogP contribution is -2.06. The smallest absolute Gasteiger partial charge is 0.294 e. The van der Waals surface area contributed by atoms with Crippen molar-refractivity contribution in [2.75, 3.05) is 16.4 Å². The number of rotatable bonds is 9. The maximum absolute atomic E-state index is 11.7. The molecular formula is C19H20ClN5O5S2. The normalized spacial score (nSPS) is 12.2. The zero-order valence-corrected chi connectivity index (χ0v) is 19.5. The first-order valence-corrected chi connectivity index (χ1v) is 12.4. The minimum absolute atomic E-state index is 0.0637. The molecule has 0 bridgehead atoms. The predicted octanol–water partition coefficient (Wildman–Crippen LogP) is 4.02. The first-order valence-electron chi connectivity index (χ1n) is 9.34. The van der Waals surface area contributed by atoms with Gasteiger partial charge in [-0.05, 0) is 73.0 Å². The summed E-state index contributed by atoms with van der Waals surface area (Å²) in [6, 6.07) is 11.0. The third-order valence-corrected chi connectivity index (χ3v) is 6.29. The Hall–Kier alpha value is -2.80. The van der Waals surface area contributed by atoms with E-state index in [1.165, 1.54) is 18.2 Å². The molecule has 0 spiro atoms. The molecule has 0 fully saturated rings. The first-order chi connectivity index (χ1) is 15.1. The number of nitrogens with zero attached hydrogens (tertiary/aromatic N) is 3. The molecular weight excluding hydrogens is 478 g/mol. The number of anilines is 4. The highest BCUT2D eigenvalue weighted by molar-refractivity contribution is 7.85. The summed E-state index contributed by atoms with van der Waals surface area (Å²) in [4.78, 5) is 12.1. The molecule has 0 aliphatic carbocycles. The van der Waals surface area contributed by atoms with Gasteiger partial charge in [0.05, 0.1) is 10.6 Å². The van der Waals surface area contributed by atoms with Gasteiger partial charge in [-0.25, -0.2) is 4.21 Å². The van der Waals surface area contributed by atoms with E-state index in [0.717, 1.165) is 6.42 Å². The number of aromatic nitrogens is 3. The standard InChI is InChI=1S/C19H20ClN5O5S2/c1-3-10-31(26)30-15-7-4-13(5-8-15)21-18-23-17(20)24-19(25-18)22-14-6-9-16(12(2)11-14)32(27,28)29/h4-9,11H,3,10H2,1-2H3,(H,27,28,29)(H2,21,22,23,24,25). The number of hydrogen-bond donors (Lipinski definition) is 3. The molecule has 0 aliphatic rings. The van der Waals surface area contributed by atoms with Crippen LogP contribution in [0.2, 0.25) is 5.28 Å². The van der Waals surface area contributed by atoms with Crippen molar-refractivity contribution in [1.82, 2.24) is 15.0 Å². The van der Waals surface area contributed by atoms with Crippen LogP contribution in [0.15, 0.2) is 47.4 Å². The SMILES string of the molecule is CCCS(=O)Oc1ccc(Nc2nc(Cl)nc(Nc3ccc(S(=O)(=O)O)c(C)c3)n2)cc1. The Bertz CT molecular complexity index is 1240. The predicted molar refractivity (Wildman–Crippen MR) is 123 cm³/mol. The summed E-state index contributed by atoms with van der Waals surface area (Å²) in [6.45, 7) is 3.47. The topological polar surface area (TPSA) is 143 Å². The molecule has 0 radical (unpaired) electrons. The van der Waals surface area contributed by atoms with E-state index in [0.29, 0.717) is 28.4 Å². The fourth-order valence-electron chi connectivity index (χ4n) is 2.65. The van der Waals surface area contributed by atoms with Gasteiger partial charge in [-0.1, -0.05) is 6.92 Å². The second-order valence-corrected chi connectivity index (χ2v) is 9.48. The lowest BCUT2D eigenvalue weighted by atomic mass is 10.2. The summed E-state index contributed by atoms with van der Waals surface area (Å²) in [5.41, 5.74) is 1.48. The molecule has 1 heterocycles. The number of aryl methyl sites for hydroxylation is 1. The van der Waals surface area contributed by atoms with Crippen LogP contribution in [0.5, 0.6) is 5.75 Å². The van der Waals surface area contributed by atoms with E-state index in [-0.39, 0.29) is 22.1 Å². The molecule has 10 nitrogen and oxygen atoms in total. The molecule has 1 unspecified atom stereocenters. The Labute approximate surface area is 192 Å². The zero-order valence-electron chi connectivity index (χ0n) is 17.1. The van der Waals surface area contributed by atoms with Crippen LogP contribution in [0.4, 0.5) is 23.3 Å². The summed E-state index contributed by atoms with van der Waals surface area (Å²) >= 11 is 4.63. The van der Waals surface area contributed by atoms with Crippen LogP contribution in [0.25, 0.3) is 0 Å². The van der Waals surface area contributed by atoms with Crippen LogP contribution >= 0.6 is 11.6 Å². The number of nitrogens with one attached hydrogen (secondary N) is 2. The van der Waals surface area contributed by atoms with Gasteiger partial charge < -0.3 is 14.8 Å². The maximum atomic E-state index is 11.7. The molecule has 32 heavy (non-hydrogen) atoms. The van der Waals surface area contributed by atoms with E-state index in [4.69, 9.17) is 15.8 Å². The first kappa shape index (κ1) is 23.9. The minimum atomic E-state index is -4.31. The van der Waals surface area contributed by atoms with Crippen LogP contribution in [0.3, 0.4) is 0 Å². The lowest BCUT2D eigenvalue weighted by molar-refractivity contribution is 0.482. The average molecular weight is 498 g/mol. The Morgan fingerprint density at radius 1 is 1.03 bits per heavy atom. The fraction of sp³-hybridized carbons (Fsp3) is 0.211. The van der Waals surface area contributed by atoms with Crippen molar-refractivity contribution in [3.8, 4) is 5.75 Å². The van der Waals surface area contributed by atoms with E-state index in [9.17, 15) is 17.2 Å². The van der Waals surface area contributed by atoms with E-state index in [1.54, 1.807) is 31.2 Å². The van der Waals surface area contributed by atoms with E-state index < -0.39 is 21.2 Å². The Kier molecular flexibility index (Phi) is 7.61. The van der Waals surface area contributed by atoms with Gasteiger partial charge in [0, 0.05) is 11.4 Å². The van der Waals surface area contributed by atoms with Crippen LogP contribution < -0.4 is 14.8 Å². The molecule has 1 atom stereocenters. The molecule has 3 rings (SSSR count). The molecule has 0 saturated heterocycles. The van der Waals surface area contributed by atoms with Gasteiger partial charge in [0.15, 0.2) is 0 Å². The van der Waals surface area contributed by atoms with Gasteiger partial charge in [-0.15, -0.1) is 0 Å². The second-order valence-electron chi connectivity index (χ2n) is 6.57. The highest BCUT2D eigenvalue weighted by Crippen LogP contribution is 2.23. The molecule has 0 aliphatic heterocycles. The zero-order chi connectivity index (χ0) is 23.3. The highest BCUT2D eigenvalue weighted by Gasteiger charge is 2.14. The van der Waals surface area contributed by atoms with Crippen molar-refractivity contribution in [2.45, 2.75) is 25.2 Å². The van der Waals surface area contributed by atoms with Gasteiger partial charge in [0.2, 0.25) is 28.3 Å². The van der Waals surface area contributed by atoms with Crippen molar-refractivity contribution >= 4 is 56.1 Å². The Morgan fingerprint density at radius 2 is 1.62 bits per heavy atom. The monoisotopic (exact) mass is 497 g/mol. The summed E-state index contributed by atoms with van der Waals surface area (Å²) in [6.07, 6.45) is 0.757. The van der Waals surface area contributed by atoms with Crippen molar-refractivity contribution < 1.29 is 21.4 Å². The lowest BCUT2D eigenvalue weighted by Gasteiger charge is -2.10. The quantitative estimate of drug-likeness (QED) is 0.370. The van der Waals surface area contributed by atoms with E-state index in [1.807, 2.05) is 6.92 Å². The Morgan fingerprint density at radius 3 is 2.19 bits per heavy atom. The second kappa shape index (κ2) is 10.2. The molecule has 170 valence electrons. The van der Waals surface area contributed by atoms with Gasteiger partial charge in [0.25, 0.3) is 10.1 Å². The van der Waals surface area contributed by atoms with Crippen LogP contribution in [-0.2, 0) is 21.2 Å². The highest BCUT2D eigenvalue weighted by atomic mass is 35.5.